The Morgan fingerprint density at radius 3 is 2.75 bits per heavy atom. The third-order valence-electron chi connectivity index (χ3n) is 3.22. The van der Waals surface area contributed by atoms with Gasteiger partial charge in [-0.3, -0.25) is 14.2 Å². The maximum atomic E-state index is 12.2. The number of amides is 1. The number of anilines is 1. The van der Waals surface area contributed by atoms with Crippen molar-refractivity contribution in [2.45, 2.75) is 6.54 Å². The van der Waals surface area contributed by atoms with E-state index < -0.39 is 0 Å². The van der Waals surface area contributed by atoms with E-state index >= 15 is 0 Å². The Bertz CT molecular complexity index is 905. The number of halogens is 3. The van der Waals surface area contributed by atoms with Crippen molar-refractivity contribution >= 4 is 50.7 Å². The summed E-state index contributed by atoms with van der Waals surface area (Å²) in [6.07, 6.45) is 5.02. The van der Waals surface area contributed by atoms with E-state index in [9.17, 15) is 4.79 Å². The zero-order chi connectivity index (χ0) is 17.3. The molecule has 3 rings (SSSR count). The molecule has 1 N–H and O–H groups in total. The van der Waals surface area contributed by atoms with Gasteiger partial charge < -0.3 is 5.32 Å². The fourth-order valence-corrected chi connectivity index (χ4v) is 3.02. The summed E-state index contributed by atoms with van der Waals surface area (Å²) in [6.45, 7) is 0.514. The molecule has 1 aromatic carbocycles. The second-order valence-corrected chi connectivity index (χ2v) is 6.80. The summed E-state index contributed by atoms with van der Waals surface area (Å²) in [7, 11) is 1.75. The molecule has 2 aromatic heterocycles. The van der Waals surface area contributed by atoms with Gasteiger partial charge in [0, 0.05) is 19.4 Å². The maximum Gasteiger partial charge on any atom is 0.277 e. The van der Waals surface area contributed by atoms with Gasteiger partial charge in [0.2, 0.25) is 0 Å². The summed E-state index contributed by atoms with van der Waals surface area (Å²) in [6, 6.07) is 5.40. The summed E-state index contributed by atoms with van der Waals surface area (Å²) >= 11 is 15.2. The minimum Gasteiger partial charge on any atom is -0.318 e. The number of aromatic nitrogens is 4. The molecule has 0 unspecified atom stereocenters. The first-order valence-electron chi connectivity index (χ1n) is 6.89. The minimum atomic E-state index is -0.309. The molecule has 3 aromatic rings. The standard InChI is InChI=1S/C15H12BrCl2N5O/c1-22-8-11(16)14(21-22)15(24)20-10-5-19-23(7-10)6-9-2-3-12(17)13(18)4-9/h2-5,7-8H,6H2,1H3,(H,20,24). The summed E-state index contributed by atoms with van der Waals surface area (Å²) in [5, 5.41) is 12.1. The Balaban J connectivity index is 1.70. The molecule has 2 heterocycles. The number of hydrogen-bond acceptors (Lipinski definition) is 3. The first kappa shape index (κ1) is 17.0. The predicted molar refractivity (Wildman–Crippen MR) is 96.7 cm³/mol. The molecular formula is C15H12BrCl2N5O. The van der Waals surface area contributed by atoms with Crippen molar-refractivity contribution in [2.75, 3.05) is 5.32 Å². The van der Waals surface area contributed by atoms with Crippen molar-refractivity contribution in [2.24, 2.45) is 7.05 Å². The summed E-state index contributed by atoms with van der Waals surface area (Å²) < 4.78 is 3.89. The number of hydrogen-bond donors (Lipinski definition) is 1. The highest BCUT2D eigenvalue weighted by molar-refractivity contribution is 9.10. The molecule has 0 aliphatic heterocycles. The van der Waals surface area contributed by atoms with Crippen LogP contribution in [0.4, 0.5) is 5.69 Å². The molecule has 0 radical (unpaired) electrons. The van der Waals surface area contributed by atoms with Crippen LogP contribution in [-0.4, -0.2) is 25.5 Å². The fourth-order valence-electron chi connectivity index (χ4n) is 2.14. The van der Waals surface area contributed by atoms with Crippen molar-refractivity contribution in [3.63, 3.8) is 0 Å². The van der Waals surface area contributed by atoms with Crippen LogP contribution in [0.3, 0.4) is 0 Å². The Hall–Kier alpha value is -1.83. The van der Waals surface area contributed by atoms with E-state index in [1.54, 1.807) is 47.1 Å². The van der Waals surface area contributed by atoms with E-state index in [2.05, 4.69) is 31.4 Å². The average molecular weight is 429 g/mol. The summed E-state index contributed by atoms with van der Waals surface area (Å²) in [5.41, 5.74) is 1.85. The van der Waals surface area contributed by atoms with E-state index in [0.29, 0.717) is 32.4 Å². The zero-order valence-electron chi connectivity index (χ0n) is 12.5. The second-order valence-electron chi connectivity index (χ2n) is 5.13. The van der Waals surface area contributed by atoms with Gasteiger partial charge in [-0.2, -0.15) is 10.2 Å². The van der Waals surface area contributed by atoms with Crippen molar-refractivity contribution in [1.29, 1.82) is 0 Å². The molecule has 24 heavy (non-hydrogen) atoms. The second kappa shape index (κ2) is 6.96. The lowest BCUT2D eigenvalue weighted by molar-refractivity contribution is 0.102. The van der Waals surface area contributed by atoms with Gasteiger partial charge in [0.05, 0.1) is 32.9 Å². The number of rotatable bonds is 4. The van der Waals surface area contributed by atoms with Crippen LogP contribution in [0.2, 0.25) is 10.0 Å². The molecule has 0 saturated heterocycles. The topological polar surface area (TPSA) is 64.7 Å². The van der Waals surface area contributed by atoms with Gasteiger partial charge in [0.1, 0.15) is 0 Å². The van der Waals surface area contributed by atoms with Crippen LogP contribution < -0.4 is 5.32 Å². The van der Waals surface area contributed by atoms with Gasteiger partial charge in [-0.25, -0.2) is 0 Å². The van der Waals surface area contributed by atoms with Gasteiger partial charge in [-0.05, 0) is 33.6 Å². The SMILES string of the molecule is Cn1cc(Br)c(C(=O)Nc2cnn(Cc3ccc(Cl)c(Cl)c3)c2)n1. The molecular weight excluding hydrogens is 417 g/mol. The number of carbonyl (C=O) groups is 1. The maximum absolute atomic E-state index is 12.2. The number of benzene rings is 1. The third-order valence-corrected chi connectivity index (χ3v) is 4.54. The van der Waals surface area contributed by atoms with E-state index in [-0.39, 0.29) is 5.91 Å². The molecule has 124 valence electrons. The monoisotopic (exact) mass is 427 g/mol. The van der Waals surface area contributed by atoms with E-state index in [1.807, 2.05) is 6.07 Å². The lowest BCUT2D eigenvalue weighted by Crippen LogP contribution is -2.13. The first-order valence-corrected chi connectivity index (χ1v) is 8.44. The number of nitrogens with one attached hydrogen (secondary N) is 1. The molecule has 0 aliphatic rings. The quantitative estimate of drug-likeness (QED) is 0.683. The number of aryl methyl sites for hydroxylation is 1. The molecule has 0 saturated carbocycles. The number of carbonyl (C=O) groups excluding carboxylic acids is 1. The molecule has 6 nitrogen and oxygen atoms in total. The molecule has 0 fully saturated rings. The smallest absolute Gasteiger partial charge is 0.277 e. The molecule has 1 amide bonds. The van der Waals surface area contributed by atoms with Crippen LogP contribution in [0.25, 0.3) is 0 Å². The van der Waals surface area contributed by atoms with Crippen LogP contribution in [0.15, 0.2) is 41.3 Å². The van der Waals surface area contributed by atoms with Crippen LogP contribution in [0.1, 0.15) is 16.1 Å². The third kappa shape index (κ3) is 3.80. The van der Waals surface area contributed by atoms with Crippen LogP contribution in [0, 0.1) is 0 Å². The van der Waals surface area contributed by atoms with E-state index in [4.69, 9.17) is 23.2 Å². The van der Waals surface area contributed by atoms with Crippen LogP contribution in [0.5, 0.6) is 0 Å². The highest BCUT2D eigenvalue weighted by Crippen LogP contribution is 2.23. The summed E-state index contributed by atoms with van der Waals surface area (Å²) in [5.74, 6) is -0.309. The molecule has 0 atom stereocenters. The molecule has 0 spiro atoms. The molecule has 0 bridgehead atoms. The van der Waals surface area contributed by atoms with Gasteiger partial charge >= 0.3 is 0 Å². The van der Waals surface area contributed by atoms with Crippen molar-refractivity contribution in [3.05, 3.63) is 62.6 Å². The Morgan fingerprint density at radius 2 is 2.08 bits per heavy atom. The van der Waals surface area contributed by atoms with Gasteiger partial charge in [-0.1, -0.05) is 29.3 Å². The first-order chi connectivity index (χ1) is 11.4. The van der Waals surface area contributed by atoms with Gasteiger partial charge in [-0.15, -0.1) is 0 Å². The normalized spacial score (nSPS) is 10.8. The lowest BCUT2D eigenvalue weighted by atomic mass is 10.2. The van der Waals surface area contributed by atoms with Crippen LogP contribution in [-0.2, 0) is 13.6 Å². The minimum absolute atomic E-state index is 0.309. The van der Waals surface area contributed by atoms with Gasteiger partial charge in [0.15, 0.2) is 5.69 Å². The van der Waals surface area contributed by atoms with E-state index in [0.717, 1.165) is 5.56 Å². The fraction of sp³-hybridized carbons (Fsp3) is 0.133. The zero-order valence-corrected chi connectivity index (χ0v) is 15.6. The van der Waals surface area contributed by atoms with Gasteiger partial charge in [0.25, 0.3) is 5.91 Å². The number of nitrogens with zero attached hydrogens (tertiary/aromatic N) is 4. The average Bonchev–Trinajstić information content (AvgIpc) is 3.09. The van der Waals surface area contributed by atoms with Crippen LogP contribution >= 0.6 is 39.1 Å². The molecule has 0 aliphatic carbocycles. The lowest BCUT2D eigenvalue weighted by Gasteiger charge is -2.03. The van der Waals surface area contributed by atoms with E-state index in [1.165, 1.54) is 0 Å². The Morgan fingerprint density at radius 1 is 1.29 bits per heavy atom. The highest BCUT2D eigenvalue weighted by Gasteiger charge is 2.15. The predicted octanol–water partition coefficient (Wildman–Crippen LogP) is 3.99. The van der Waals surface area contributed by atoms with Crippen molar-refractivity contribution in [3.8, 4) is 0 Å². The summed E-state index contributed by atoms with van der Waals surface area (Å²) in [4.78, 5) is 12.2. The highest BCUT2D eigenvalue weighted by atomic mass is 79.9. The largest absolute Gasteiger partial charge is 0.318 e. The van der Waals surface area contributed by atoms with Crippen molar-refractivity contribution < 1.29 is 4.79 Å². The Labute approximate surface area is 156 Å². The molecule has 9 heteroatoms. The Kier molecular flexibility index (Phi) is 4.93. The van der Waals surface area contributed by atoms with Crippen molar-refractivity contribution in [1.82, 2.24) is 19.6 Å².